The smallest absolute Gasteiger partial charge is 0.262 e. The summed E-state index contributed by atoms with van der Waals surface area (Å²) in [4.78, 5) is 24.3. The third kappa shape index (κ3) is 4.14. The summed E-state index contributed by atoms with van der Waals surface area (Å²) < 4.78 is 32.9. The van der Waals surface area contributed by atoms with Gasteiger partial charge in [0.1, 0.15) is 11.8 Å². The number of hydrogen-bond donors (Lipinski definition) is 2. The van der Waals surface area contributed by atoms with E-state index in [9.17, 15) is 18.0 Å². The molecule has 0 radical (unpaired) electrons. The number of rotatable bonds is 5. The number of carbonyl (C=O) groups is 2. The molecular formula is C20H20ClN3O5S. The number of nitrogens with one attached hydrogen (secondary N) is 2. The van der Waals surface area contributed by atoms with Gasteiger partial charge in [0.25, 0.3) is 5.91 Å². The Hall–Kier alpha value is -2.62. The summed E-state index contributed by atoms with van der Waals surface area (Å²) in [5.74, 6) is -0.287. The standard InChI is InChI=1S/C20H20ClN3O5S/c21-14-5-3-13(4-6-14)11-22-20(26)17-2-1-9-24(17)30(27,28)15-7-8-18-16(10-15)23-19(25)12-29-18/h3-8,10,17H,1-2,9,11-12H2,(H,22,26)(H,23,25). The van der Waals surface area contributed by atoms with Crippen molar-refractivity contribution >= 4 is 39.1 Å². The third-order valence-electron chi connectivity index (χ3n) is 5.08. The maximum atomic E-state index is 13.2. The minimum absolute atomic E-state index is 0.00412. The quantitative estimate of drug-likeness (QED) is 0.727. The molecule has 2 aromatic carbocycles. The SMILES string of the molecule is O=C1COc2ccc(S(=O)(=O)N3CCCC3C(=O)NCc3ccc(Cl)cc3)cc2N1. The molecule has 0 spiro atoms. The fourth-order valence-electron chi connectivity index (χ4n) is 3.56. The van der Waals surface area contributed by atoms with Gasteiger partial charge in [-0.1, -0.05) is 23.7 Å². The molecule has 2 aromatic rings. The number of ether oxygens (including phenoxy) is 1. The largest absolute Gasteiger partial charge is 0.482 e. The molecular weight excluding hydrogens is 430 g/mol. The number of halogens is 1. The molecule has 158 valence electrons. The molecule has 0 aromatic heterocycles. The molecule has 4 rings (SSSR count). The predicted molar refractivity (Wildman–Crippen MR) is 111 cm³/mol. The van der Waals surface area contributed by atoms with Crippen molar-refractivity contribution in [3.05, 3.63) is 53.1 Å². The molecule has 2 N–H and O–H groups in total. The topological polar surface area (TPSA) is 105 Å². The predicted octanol–water partition coefficient (Wildman–Crippen LogP) is 2.14. The van der Waals surface area contributed by atoms with Crippen LogP contribution in [-0.4, -0.2) is 43.7 Å². The summed E-state index contributed by atoms with van der Waals surface area (Å²) in [6.07, 6.45) is 1.03. The van der Waals surface area contributed by atoms with Gasteiger partial charge in [-0.25, -0.2) is 8.42 Å². The zero-order valence-corrected chi connectivity index (χ0v) is 17.5. The van der Waals surface area contributed by atoms with Crippen LogP contribution in [0.4, 0.5) is 5.69 Å². The van der Waals surface area contributed by atoms with E-state index >= 15 is 0 Å². The Labute approximate surface area is 179 Å². The number of anilines is 1. The zero-order valence-electron chi connectivity index (χ0n) is 15.9. The summed E-state index contributed by atoms with van der Waals surface area (Å²) in [5.41, 5.74) is 1.17. The Morgan fingerprint density at radius 1 is 1.23 bits per heavy atom. The zero-order chi connectivity index (χ0) is 21.3. The van der Waals surface area contributed by atoms with Crippen LogP contribution in [0.3, 0.4) is 0 Å². The van der Waals surface area contributed by atoms with Crippen LogP contribution in [0.1, 0.15) is 18.4 Å². The Balaban J connectivity index is 1.50. The summed E-state index contributed by atoms with van der Waals surface area (Å²) in [6, 6.07) is 10.6. The van der Waals surface area contributed by atoms with Gasteiger partial charge in [-0.2, -0.15) is 4.31 Å². The highest BCUT2D eigenvalue weighted by Gasteiger charge is 2.39. The van der Waals surface area contributed by atoms with Crippen LogP contribution in [0.25, 0.3) is 0 Å². The van der Waals surface area contributed by atoms with Crippen molar-refractivity contribution < 1.29 is 22.7 Å². The van der Waals surface area contributed by atoms with Crippen LogP contribution in [0.15, 0.2) is 47.4 Å². The molecule has 1 fully saturated rings. The van der Waals surface area contributed by atoms with Gasteiger partial charge < -0.3 is 15.4 Å². The Morgan fingerprint density at radius 2 is 2.00 bits per heavy atom. The average Bonchev–Trinajstić information content (AvgIpc) is 3.23. The maximum Gasteiger partial charge on any atom is 0.262 e. The van der Waals surface area contributed by atoms with Gasteiger partial charge in [-0.05, 0) is 48.7 Å². The van der Waals surface area contributed by atoms with E-state index in [2.05, 4.69) is 10.6 Å². The number of benzene rings is 2. The lowest BCUT2D eigenvalue weighted by molar-refractivity contribution is -0.124. The number of fused-ring (bicyclic) bond motifs is 1. The second-order valence-corrected chi connectivity index (χ2v) is 9.44. The molecule has 2 amide bonds. The van der Waals surface area contributed by atoms with Crippen molar-refractivity contribution in [2.45, 2.75) is 30.3 Å². The van der Waals surface area contributed by atoms with E-state index in [0.29, 0.717) is 29.3 Å². The summed E-state index contributed by atoms with van der Waals surface area (Å²) >= 11 is 5.87. The fourth-order valence-corrected chi connectivity index (χ4v) is 5.37. The first-order valence-electron chi connectivity index (χ1n) is 9.45. The highest BCUT2D eigenvalue weighted by atomic mass is 35.5. The Bertz CT molecular complexity index is 1090. The van der Waals surface area contributed by atoms with E-state index in [0.717, 1.165) is 5.56 Å². The molecule has 0 bridgehead atoms. The highest BCUT2D eigenvalue weighted by Crippen LogP contribution is 2.33. The lowest BCUT2D eigenvalue weighted by Gasteiger charge is -2.24. The monoisotopic (exact) mass is 449 g/mol. The molecule has 2 aliphatic heterocycles. The summed E-state index contributed by atoms with van der Waals surface area (Å²) in [6.45, 7) is 0.422. The van der Waals surface area contributed by atoms with E-state index in [1.165, 1.54) is 22.5 Å². The number of carbonyl (C=O) groups excluding carboxylic acids is 2. The van der Waals surface area contributed by atoms with E-state index in [-0.39, 0.29) is 36.4 Å². The summed E-state index contributed by atoms with van der Waals surface area (Å²) in [7, 11) is -3.92. The molecule has 0 aliphatic carbocycles. The average molecular weight is 450 g/mol. The van der Waals surface area contributed by atoms with Crippen molar-refractivity contribution in [1.82, 2.24) is 9.62 Å². The van der Waals surface area contributed by atoms with E-state index in [4.69, 9.17) is 16.3 Å². The molecule has 10 heteroatoms. The van der Waals surface area contributed by atoms with E-state index in [1.54, 1.807) is 24.3 Å². The van der Waals surface area contributed by atoms with E-state index in [1.807, 2.05) is 0 Å². The Kier molecular flexibility index (Phi) is 5.68. The fraction of sp³-hybridized carbons (Fsp3) is 0.300. The number of nitrogens with zero attached hydrogens (tertiary/aromatic N) is 1. The molecule has 1 saturated heterocycles. The van der Waals surface area contributed by atoms with Crippen molar-refractivity contribution in [3.63, 3.8) is 0 Å². The van der Waals surface area contributed by atoms with Crippen molar-refractivity contribution in [1.29, 1.82) is 0 Å². The molecule has 8 nitrogen and oxygen atoms in total. The molecule has 2 aliphatic rings. The van der Waals surface area contributed by atoms with Crippen molar-refractivity contribution in [2.75, 3.05) is 18.5 Å². The first-order valence-corrected chi connectivity index (χ1v) is 11.3. The van der Waals surface area contributed by atoms with Crippen LogP contribution in [-0.2, 0) is 26.2 Å². The second kappa shape index (κ2) is 8.25. The lowest BCUT2D eigenvalue weighted by atomic mass is 10.2. The molecule has 0 saturated carbocycles. The first kappa shape index (κ1) is 20.6. The Morgan fingerprint density at radius 3 is 2.77 bits per heavy atom. The van der Waals surface area contributed by atoms with Gasteiger partial charge in [0, 0.05) is 18.1 Å². The maximum absolute atomic E-state index is 13.2. The third-order valence-corrected chi connectivity index (χ3v) is 7.23. The van der Waals surface area contributed by atoms with Crippen LogP contribution in [0, 0.1) is 0 Å². The number of sulfonamides is 1. The van der Waals surface area contributed by atoms with Gasteiger partial charge in [0.05, 0.1) is 10.6 Å². The van der Waals surface area contributed by atoms with Gasteiger partial charge in [0.15, 0.2) is 6.61 Å². The highest BCUT2D eigenvalue weighted by molar-refractivity contribution is 7.89. The molecule has 2 heterocycles. The minimum Gasteiger partial charge on any atom is -0.482 e. The number of hydrogen-bond acceptors (Lipinski definition) is 5. The van der Waals surface area contributed by atoms with Gasteiger partial charge in [-0.3, -0.25) is 9.59 Å². The normalized spacial score (nSPS) is 19.0. The molecule has 1 unspecified atom stereocenters. The van der Waals surface area contributed by atoms with Crippen LogP contribution < -0.4 is 15.4 Å². The van der Waals surface area contributed by atoms with Crippen molar-refractivity contribution in [3.8, 4) is 5.75 Å². The minimum atomic E-state index is -3.92. The summed E-state index contributed by atoms with van der Waals surface area (Å²) in [5, 5.41) is 6.01. The van der Waals surface area contributed by atoms with Crippen LogP contribution >= 0.6 is 11.6 Å². The number of amides is 2. The van der Waals surface area contributed by atoms with Crippen molar-refractivity contribution in [2.24, 2.45) is 0 Å². The molecule has 1 atom stereocenters. The van der Waals surface area contributed by atoms with Crippen LogP contribution in [0.5, 0.6) is 5.75 Å². The van der Waals surface area contributed by atoms with Crippen LogP contribution in [0.2, 0.25) is 5.02 Å². The van der Waals surface area contributed by atoms with Gasteiger partial charge >= 0.3 is 0 Å². The molecule has 30 heavy (non-hydrogen) atoms. The first-order chi connectivity index (χ1) is 14.3. The van der Waals surface area contributed by atoms with Gasteiger partial charge in [0.2, 0.25) is 15.9 Å². The second-order valence-electron chi connectivity index (χ2n) is 7.11. The van der Waals surface area contributed by atoms with E-state index < -0.39 is 16.1 Å². The lowest BCUT2D eigenvalue weighted by Crippen LogP contribution is -2.45. The van der Waals surface area contributed by atoms with Gasteiger partial charge in [-0.15, -0.1) is 0 Å².